The van der Waals surface area contributed by atoms with Crippen LogP contribution in [0.15, 0.2) is 0 Å². The minimum absolute atomic E-state index is 0.0402. The summed E-state index contributed by atoms with van der Waals surface area (Å²) in [5.41, 5.74) is 0. The Morgan fingerprint density at radius 2 is 2.19 bits per heavy atom. The second-order valence-corrected chi connectivity index (χ2v) is 5.95. The van der Waals surface area contributed by atoms with E-state index in [-0.39, 0.29) is 18.4 Å². The minimum atomic E-state index is -0.741. The number of carbonyl (C=O) groups excluding carboxylic acids is 1. The van der Waals surface area contributed by atoms with Gasteiger partial charge in [-0.1, -0.05) is 0 Å². The number of ether oxygens (including phenoxy) is 1. The normalized spacial score (nSPS) is 19.1. The van der Waals surface area contributed by atoms with Crippen LogP contribution in [0.2, 0.25) is 0 Å². The van der Waals surface area contributed by atoms with Crippen molar-refractivity contribution in [1.82, 2.24) is 10.2 Å². The number of nitrogens with one attached hydrogen (secondary N) is 1. The van der Waals surface area contributed by atoms with Crippen molar-refractivity contribution >= 4 is 11.9 Å². The van der Waals surface area contributed by atoms with Gasteiger partial charge in [-0.2, -0.15) is 0 Å². The Morgan fingerprint density at radius 1 is 1.43 bits per heavy atom. The van der Waals surface area contributed by atoms with Gasteiger partial charge in [-0.3, -0.25) is 14.5 Å². The van der Waals surface area contributed by atoms with Crippen LogP contribution in [0.25, 0.3) is 0 Å². The number of hydrogen-bond donors (Lipinski definition) is 2. The predicted octanol–water partition coefficient (Wildman–Crippen LogP) is 1.10. The lowest BCUT2D eigenvalue weighted by atomic mass is 10.0. The molecule has 1 amide bonds. The molecule has 2 N–H and O–H groups in total. The number of hydrogen-bond acceptors (Lipinski definition) is 4. The van der Waals surface area contributed by atoms with Gasteiger partial charge in [0.25, 0.3) is 0 Å². The molecule has 0 aromatic rings. The zero-order valence-electron chi connectivity index (χ0n) is 13.1. The van der Waals surface area contributed by atoms with E-state index in [9.17, 15) is 9.59 Å². The van der Waals surface area contributed by atoms with Crippen LogP contribution < -0.4 is 5.32 Å². The minimum Gasteiger partial charge on any atom is -0.481 e. The van der Waals surface area contributed by atoms with E-state index in [0.717, 1.165) is 25.9 Å². The Labute approximate surface area is 126 Å². The number of aliphatic carboxylic acids is 1. The number of carboxylic acids is 1. The van der Waals surface area contributed by atoms with Gasteiger partial charge in [0.15, 0.2) is 0 Å². The van der Waals surface area contributed by atoms with Gasteiger partial charge < -0.3 is 15.2 Å². The Hall–Kier alpha value is -1.14. The predicted molar refractivity (Wildman–Crippen MR) is 80.1 cm³/mol. The molecule has 21 heavy (non-hydrogen) atoms. The molecule has 6 nitrogen and oxygen atoms in total. The fourth-order valence-electron chi connectivity index (χ4n) is 2.50. The summed E-state index contributed by atoms with van der Waals surface area (Å²) in [6.07, 6.45) is 2.97. The van der Waals surface area contributed by atoms with Gasteiger partial charge in [-0.05, 0) is 45.6 Å². The molecule has 0 aromatic heterocycles. The molecule has 1 heterocycles. The Balaban J connectivity index is 2.06. The molecule has 0 aliphatic carbocycles. The molecule has 6 heteroatoms. The van der Waals surface area contributed by atoms with Crippen LogP contribution in [0, 0.1) is 5.92 Å². The highest BCUT2D eigenvalue weighted by molar-refractivity contribution is 5.78. The van der Waals surface area contributed by atoms with Gasteiger partial charge in [0.05, 0.1) is 12.6 Å². The van der Waals surface area contributed by atoms with E-state index in [1.165, 1.54) is 0 Å². The van der Waals surface area contributed by atoms with Crippen molar-refractivity contribution in [2.75, 3.05) is 32.8 Å². The fourth-order valence-corrected chi connectivity index (χ4v) is 2.50. The van der Waals surface area contributed by atoms with E-state index in [2.05, 4.69) is 10.2 Å². The number of carboxylic acid groups (broad SMARTS) is 1. The van der Waals surface area contributed by atoms with E-state index in [4.69, 9.17) is 9.84 Å². The van der Waals surface area contributed by atoms with Crippen LogP contribution in [0.1, 0.15) is 39.5 Å². The van der Waals surface area contributed by atoms with Crippen molar-refractivity contribution in [2.45, 2.75) is 45.6 Å². The molecule has 0 aromatic carbocycles. The number of rotatable bonds is 10. The molecule has 0 bridgehead atoms. The lowest BCUT2D eigenvalue weighted by Crippen LogP contribution is -2.36. The van der Waals surface area contributed by atoms with Crippen molar-refractivity contribution in [1.29, 1.82) is 0 Å². The molecule has 0 radical (unpaired) electrons. The van der Waals surface area contributed by atoms with E-state index < -0.39 is 5.97 Å². The average Bonchev–Trinajstić information content (AvgIpc) is 2.83. The van der Waals surface area contributed by atoms with E-state index in [1.807, 2.05) is 13.8 Å². The van der Waals surface area contributed by atoms with Crippen molar-refractivity contribution < 1.29 is 19.4 Å². The molecule has 1 aliphatic rings. The Morgan fingerprint density at radius 3 is 2.86 bits per heavy atom. The van der Waals surface area contributed by atoms with E-state index in [0.29, 0.717) is 32.0 Å². The first-order valence-corrected chi connectivity index (χ1v) is 7.80. The van der Waals surface area contributed by atoms with Crippen LogP contribution in [0.5, 0.6) is 0 Å². The van der Waals surface area contributed by atoms with Gasteiger partial charge in [-0.15, -0.1) is 0 Å². The van der Waals surface area contributed by atoms with Crippen LogP contribution in [-0.2, 0) is 14.3 Å². The molecular formula is C15H28N2O4. The third-order valence-electron chi connectivity index (χ3n) is 3.60. The highest BCUT2D eigenvalue weighted by atomic mass is 16.5. The standard InChI is InChI=1S/C15H28N2O4/c1-12(2)21-9-3-7-16-14(18)11-17-8-6-13(10-17)4-5-15(19)20/h12-13H,3-11H2,1-2H3,(H,16,18)(H,19,20). The number of amides is 1. The molecule has 1 aliphatic heterocycles. The fraction of sp³-hybridized carbons (Fsp3) is 0.867. The van der Waals surface area contributed by atoms with Gasteiger partial charge in [-0.25, -0.2) is 0 Å². The smallest absolute Gasteiger partial charge is 0.303 e. The maximum Gasteiger partial charge on any atom is 0.303 e. The maximum atomic E-state index is 11.8. The van der Waals surface area contributed by atoms with Crippen molar-refractivity contribution in [3.63, 3.8) is 0 Å². The molecule has 1 rings (SSSR count). The number of nitrogens with zero attached hydrogens (tertiary/aromatic N) is 1. The highest BCUT2D eigenvalue weighted by Gasteiger charge is 2.24. The van der Waals surface area contributed by atoms with E-state index in [1.54, 1.807) is 0 Å². The highest BCUT2D eigenvalue weighted by Crippen LogP contribution is 2.20. The Kier molecular flexibility index (Phi) is 8.30. The summed E-state index contributed by atoms with van der Waals surface area (Å²) in [4.78, 5) is 24.4. The summed E-state index contributed by atoms with van der Waals surface area (Å²) in [5, 5.41) is 11.6. The number of likely N-dealkylation sites (tertiary alicyclic amines) is 1. The van der Waals surface area contributed by atoms with Crippen LogP contribution in [0.3, 0.4) is 0 Å². The first-order valence-electron chi connectivity index (χ1n) is 7.80. The second kappa shape index (κ2) is 9.73. The zero-order valence-corrected chi connectivity index (χ0v) is 13.1. The van der Waals surface area contributed by atoms with Gasteiger partial charge in [0, 0.05) is 26.1 Å². The van der Waals surface area contributed by atoms with E-state index >= 15 is 0 Å². The van der Waals surface area contributed by atoms with Crippen LogP contribution in [0.4, 0.5) is 0 Å². The summed E-state index contributed by atoms with van der Waals surface area (Å²) in [6, 6.07) is 0. The average molecular weight is 300 g/mol. The monoisotopic (exact) mass is 300 g/mol. The first-order chi connectivity index (χ1) is 9.97. The molecule has 0 saturated carbocycles. The second-order valence-electron chi connectivity index (χ2n) is 5.95. The summed E-state index contributed by atoms with van der Waals surface area (Å²) >= 11 is 0. The molecule has 1 atom stereocenters. The summed E-state index contributed by atoms with van der Waals surface area (Å²) < 4.78 is 5.41. The lowest BCUT2D eigenvalue weighted by Gasteiger charge is -2.15. The zero-order chi connectivity index (χ0) is 15.7. The maximum absolute atomic E-state index is 11.8. The van der Waals surface area contributed by atoms with Gasteiger partial charge >= 0.3 is 5.97 Å². The topological polar surface area (TPSA) is 78.9 Å². The molecule has 122 valence electrons. The quantitative estimate of drug-likeness (QED) is 0.591. The van der Waals surface area contributed by atoms with Crippen molar-refractivity contribution in [2.24, 2.45) is 5.92 Å². The van der Waals surface area contributed by atoms with Crippen LogP contribution in [-0.4, -0.2) is 60.8 Å². The molecule has 1 unspecified atom stereocenters. The molecule has 1 fully saturated rings. The third kappa shape index (κ3) is 8.67. The molecule has 1 saturated heterocycles. The lowest BCUT2D eigenvalue weighted by molar-refractivity contribution is -0.137. The summed E-state index contributed by atoms with van der Waals surface area (Å²) in [6.45, 7) is 7.42. The third-order valence-corrected chi connectivity index (χ3v) is 3.60. The van der Waals surface area contributed by atoms with Crippen molar-refractivity contribution in [3.05, 3.63) is 0 Å². The molecule has 0 spiro atoms. The summed E-state index contributed by atoms with van der Waals surface area (Å²) in [5.74, 6) is -0.290. The van der Waals surface area contributed by atoms with Gasteiger partial charge in [0.1, 0.15) is 0 Å². The summed E-state index contributed by atoms with van der Waals surface area (Å²) in [7, 11) is 0. The molecular weight excluding hydrogens is 272 g/mol. The van der Waals surface area contributed by atoms with Gasteiger partial charge in [0.2, 0.25) is 5.91 Å². The van der Waals surface area contributed by atoms with Crippen LogP contribution >= 0.6 is 0 Å². The largest absolute Gasteiger partial charge is 0.481 e. The number of carbonyl (C=O) groups is 2. The van der Waals surface area contributed by atoms with Crippen molar-refractivity contribution in [3.8, 4) is 0 Å². The Bertz CT molecular complexity index is 334. The first kappa shape index (κ1) is 17.9. The SMILES string of the molecule is CC(C)OCCCNC(=O)CN1CCC(CCC(=O)O)C1.